The van der Waals surface area contributed by atoms with E-state index in [0.717, 1.165) is 16.7 Å². The van der Waals surface area contributed by atoms with Crippen molar-refractivity contribution in [1.29, 1.82) is 0 Å². The van der Waals surface area contributed by atoms with Crippen molar-refractivity contribution in [3.63, 3.8) is 0 Å². The smallest absolute Gasteiger partial charge is 0.131 e. The number of benzene rings is 1. The van der Waals surface area contributed by atoms with Crippen molar-refractivity contribution in [3.05, 3.63) is 39.6 Å². The first-order valence-electron chi connectivity index (χ1n) is 6.09. The second kappa shape index (κ2) is 6.37. The van der Waals surface area contributed by atoms with Crippen LogP contribution in [-0.2, 0) is 0 Å². The highest BCUT2D eigenvalue weighted by Crippen LogP contribution is 2.44. The number of methoxy groups -OCH3 is 3. The third kappa shape index (κ3) is 2.72. The van der Waals surface area contributed by atoms with E-state index in [-0.39, 0.29) is 5.38 Å². The van der Waals surface area contributed by atoms with E-state index in [0.29, 0.717) is 17.2 Å². The van der Waals surface area contributed by atoms with E-state index in [9.17, 15) is 0 Å². The molecule has 0 spiro atoms. The molecule has 2 aromatic rings. The Morgan fingerprint density at radius 3 is 2.00 bits per heavy atom. The van der Waals surface area contributed by atoms with Crippen LogP contribution in [-0.4, -0.2) is 21.3 Å². The normalized spacial score (nSPS) is 12.1. The summed E-state index contributed by atoms with van der Waals surface area (Å²) in [6.45, 7) is 2.05. The van der Waals surface area contributed by atoms with Gasteiger partial charge >= 0.3 is 0 Å². The largest absolute Gasteiger partial charge is 0.496 e. The first-order chi connectivity index (χ1) is 9.62. The number of hydrogen-bond acceptors (Lipinski definition) is 4. The zero-order chi connectivity index (χ0) is 14.7. The van der Waals surface area contributed by atoms with Crippen LogP contribution in [0.5, 0.6) is 17.2 Å². The predicted octanol–water partition coefficient (Wildman–Crippen LogP) is 4.41. The van der Waals surface area contributed by atoms with Crippen molar-refractivity contribution in [2.45, 2.75) is 12.3 Å². The summed E-state index contributed by atoms with van der Waals surface area (Å²) in [6, 6.07) is 3.63. The number of ether oxygens (including phenoxy) is 3. The summed E-state index contributed by atoms with van der Waals surface area (Å²) in [5.41, 5.74) is 3.05. The molecule has 20 heavy (non-hydrogen) atoms. The maximum atomic E-state index is 6.65. The maximum absolute atomic E-state index is 6.65. The van der Waals surface area contributed by atoms with E-state index in [1.807, 2.05) is 19.1 Å². The number of rotatable bonds is 5. The van der Waals surface area contributed by atoms with Gasteiger partial charge in [0, 0.05) is 12.1 Å². The Morgan fingerprint density at radius 2 is 1.60 bits per heavy atom. The highest BCUT2D eigenvalue weighted by molar-refractivity contribution is 7.08. The van der Waals surface area contributed by atoms with E-state index >= 15 is 0 Å². The lowest BCUT2D eigenvalue weighted by molar-refractivity contribution is 0.369. The fourth-order valence-corrected chi connectivity index (χ4v) is 3.47. The number of hydrogen-bond donors (Lipinski definition) is 0. The van der Waals surface area contributed by atoms with Crippen LogP contribution in [0.15, 0.2) is 22.9 Å². The summed E-state index contributed by atoms with van der Waals surface area (Å²) in [4.78, 5) is 0. The fraction of sp³-hybridized carbons (Fsp3) is 0.333. The monoisotopic (exact) mass is 312 g/mol. The van der Waals surface area contributed by atoms with Gasteiger partial charge < -0.3 is 14.2 Å². The summed E-state index contributed by atoms with van der Waals surface area (Å²) in [7, 11) is 4.83. The van der Waals surface area contributed by atoms with Gasteiger partial charge in [-0.15, -0.1) is 11.6 Å². The second-order valence-electron chi connectivity index (χ2n) is 4.32. The first-order valence-corrected chi connectivity index (χ1v) is 7.47. The van der Waals surface area contributed by atoms with Crippen LogP contribution in [0.1, 0.15) is 22.1 Å². The molecule has 0 saturated heterocycles. The van der Waals surface area contributed by atoms with Crippen LogP contribution in [0.3, 0.4) is 0 Å². The molecular formula is C15H17ClO3S. The molecule has 0 N–H and O–H groups in total. The number of aryl methyl sites for hydroxylation is 1. The van der Waals surface area contributed by atoms with Gasteiger partial charge in [-0.3, -0.25) is 0 Å². The van der Waals surface area contributed by atoms with Gasteiger partial charge in [0.25, 0.3) is 0 Å². The molecule has 1 aromatic carbocycles. The molecule has 5 heteroatoms. The molecular weight excluding hydrogens is 296 g/mol. The number of halogens is 1. The Labute approximate surface area is 128 Å². The Morgan fingerprint density at radius 1 is 1.00 bits per heavy atom. The average molecular weight is 313 g/mol. The molecule has 0 aliphatic heterocycles. The minimum Gasteiger partial charge on any atom is -0.496 e. The Kier molecular flexibility index (Phi) is 4.78. The van der Waals surface area contributed by atoms with Crippen LogP contribution < -0.4 is 14.2 Å². The lowest BCUT2D eigenvalue weighted by Gasteiger charge is -2.19. The summed E-state index contributed by atoms with van der Waals surface area (Å²) >= 11 is 8.28. The number of alkyl halides is 1. The molecule has 0 fully saturated rings. The van der Waals surface area contributed by atoms with Crippen LogP contribution in [0.2, 0.25) is 0 Å². The molecule has 3 nitrogen and oxygen atoms in total. The second-order valence-corrected chi connectivity index (χ2v) is 5.50. The third-order valence-corrected chi connectivity index (χ3v) is 4.51. The van der Waals surface area contributed by atoms with Crippen LogP contribution in [0.25, 0.3) is 0 Å². The molecule has 108 valence electrons. The van der Waals surface area contributed by atoms with Crippen molar-refractivity contribution in [2.24, 2.45) is 0 Å². The van der Waals surface area contributed by atoms with Gasteiger partial charge in [-0.25, -0.2) is 0 Å². The van der Waals surface area contributed by atoms with Gasteiger partial charge in [0.1, 0.15) is 17.2 Å². The summed E-state index contributed by atoms with van der Waals surface area (Å²) < 4.78 is 16.1. The number of thiophene rings is 1. The maximum Gasteiger partial charge on any atom is 0.131 e. The predicted molar refractivity (Wildman–Crippen MR) is 82.9 cm³/mol. The van der Waals surface area contributed by atoms with Crippen molar-refractivity contribution >= 4 is 22.9 Å². The van der Waals surface area contributed by atoms with E-state index in [2.05, 4.69) is 10.8 Å². The van der Waals surface area contributed by atoms with Crippen LogP contribution >= 0.6 is 22.9 Å². The van der Waals surface area contributed by atoms with Crippen molar-refractivity contribution < 1.29 is 14.2 Å². The molecule has 0 radical (unpaired) electrons. The highest BCUT2D eigenvalue weighted by Gasteiger charge is 2.23. The van der Waals surface area contributed by atoms with E-state index < -0.39 is 0 Å². The molecule has 2 rings (SSSR count). The third-order valence-electron chi connectivity index (χ3n) is 3.17. The zero-order valence-corrected chi connectivity index (χ0v) is 13.5. The van der Waals surface area contributed by atoms with E-state index in [1.54, 1.807) is 32.7 Å². The molecule has 0 aliphatic carbocycles. The molecule has 1 atom stereocenters. The van der Waals surface area contributed by atoms with Gasteiger partial charge in [-0.05, 0) is 28.8 Å². The summed E-state index contributed by atoms with van der Waals surface area (Å²) in [6.07, 6.45) is 0. The van der Waals surface area contributed by atoms with Gasteiger partial charge in [0.15, 0.2) is 0 Å². The SMILES string of the molecule is COc1cc(OC)c(C(Cl)c2cscc2C)c(OC)c1. The molecule has 1 unspecified atom stereocenters. The molecule has 0 saturated carbocycles. The van der Waals surface area contributed by atoms with Gasteiger partial charge in [-0.1, -0.05) is 0 Å². The quantitative estimate of drug-likeness (QED) is 0.765. The Bertz CT molecular complexity index is 570. The van der Waals surface area contributed by atoms with E-state index in [4.69, 9.17) is 25.8 Å². The Balaban J connectivity index is 2.57. The topological polar surface area (TPSA) is 27.7 Å². The molecule has 0 amide bonds. The molecule has 0 aliphatic rings. The van der Waals surface area contributed by atoms with Gasteiger partial charge in [-0.2, -0.15) is 11.3 Å². The van der Waals surface area contributed by atoms with Gasteiger partial charge in [0.2, 0.25) is 0 Å². The Hall–Kier alpha value is -1.39. The summed E-state index contributed by atoms with van der Waals surface area (Å²) in [5.74, 6) is 1.99. The minimum absolute atomic E-state index is 0.322. The summed E-state index contributed by atoms with van der Waals surface area (Å²) in [5, 5.41) is 3.81. The zero-order valence-electron chi connectivity index (χ0n) is 11.9. The highest BCUT2D eigenvalue weighted by atomic mass is 35.5. The molecule has 1 aromatic heterocycles. The van der Waals surface area contributed by atoms with E-state index in [1.165, 1.54) is 0 Å². The first kappa shape index (κ1) is 15.0. The fourth-order valence-electron chi connectivity index (χ4n) is 2.07. The lowest BCUT2D eigenvalue weighted by atomic mass is 10.0. The van der Waals surface area contributed by atoms with Crippen molar-refractivity contribution in [3.8, 4) is 17.2 Å². The van der Waals surface area contributed by atoms with Crippen molar-refractivity contribution in [1.82, 2.24) is 0 Å². The van der Waals surface area contributed by atoms with Crippen LogP contribution in [0, 0.1) is 6.92 Å². The van der Waals surface area contributed by atoms with Gasteiger partial charge in [0.05, 0.1) is 32.3 Å². The molecule has 1 heterocycles. The van der Waals surface area contributed by atoms with Crippen LogP contribution in [0.4, 0.5) is 0 Å². The average Bonchev–Trinajstić information content (AvgIpc) is 2.91. The van der Waals surface area contributed by atoms with Crippen molar-refractivity contribution in [2.75, 3.05) is 21.3 Å². The standard InChI is InChI=1S/C15H17ClO3S/c1-9-7-20-8-11(9)15(16)14-12(18-3)5-10(17-2)6-13(14)19-4/h5-8,15H,1-4H3. The molecule has 0 bridgehead atoms. The minimum atomic E-state index is -0.322. The lowest BCUT2D eigenvalue weighted by Crippen LogP contribution is -2.02.